The molecule has 0 saturated heterocycles. The molecule has 0 aliphatic heterocycles. The maximum Gasteiger partial charge on any atom is 0.138 e. The first-order chi connectivity index (χ1) is 10.2. The monoisotopic (exact) mass is 304 g/mol. The highest BCUT2D eigenvalue weighted by molar-refractivity contribution is 6.32. The highest BCUT2D eigenvalue weighted by atomic mass is 35.5. The van der Waals surface area contributed by atoms with Gasteiger partial charge in [0.1, 0.15) is 12.4 Å². The number of halogens is 1. The molecule has 21 heavy (non-hydrogen) atoms. The van der Waals surface area contributed by atoms with Gasteiger partial charge in [-0.2, -0.15) is 0 Å². The van der Waals surface area contributed by atoms with Crippen LogP contribution in [0.3, 0.4) is 0 Å². The Morgan fingerprint density at radius 2 is 2.14 bits per heavy atom. The van der Waals surface area contributed by atoms with E-state index in [2.05, 4.69) is 17.2 Å². The van der Waals surface area contributed by atoms with Crippen molar-refractivity contribution in [3.63, 3.8) is 0 Å². The molecule has 112 valence electrons. The Labute approximate surface area is 131 Å². The Morgan fingerprint density at radius 3 is 2.86 bits per heavy atom. The number of nitrogens with one attached hydrogen (secondary N) is 1. The van der Waals surface area contributed by atoms with Gasteiger partial charge in [-0.1, -0.05) is 30.7 Å². The van der Waals surface area contributed by atoms with E-state index >= 15 is 0 Å². The van der Waals surface area contributed by atoms with Gasteiger partial charge in [0, 0.05) is 12.7 Å². The van der Waals surface area contributed by atoms with E-state index in [0.29, 0.717) is 17.4 Å². The first-order valence-corrected chi connectivity index (χ1v) is 7.61. The van der Waals surface area contributed by atoms with Crippen molar-refractivity contribution in [2.75, 3.05) is 6.54 Å². The number of benzene rings is 1. The van der Waals surface area contributed by atoms with Gasteiger partial charge < -0.3 is 10.1 Å². The van der Waals surface area contributed by atoms with E-state index in [4.69, 9.17) is 16.3 Å². The van der Waals surface area contributed by atoms with Gasteiger partial charge in [-0.15, -0.1) is 0 Å². The van der Waals surface area contributed by atoms with Crippen molar-refractivity contribution >= 4 is 11.6 Å². The molecule has 0 aliphatic carbocycles. The molecule has 0 saturated carbocycles. The molecule has 1 aromatic heterocycles. The number of nitrogens with zero attached hydrogens (tertiary/aromatic N) is 1. The molecule has 4 heteroatoms. The molecule has 0 aliphatic rings. The van der Waals surface area contributed by atoms with Crippen LogP contribution in [0.4, 0.5) is 0 Å². The lowest BCUT2D eigenvalue weighted by molar-refractivity contribution is 0.300. The van der Waals surface area contributed by atoms with Gasteiger partial charge in [-0.25, -0.2) is 0 Å². The predicted molar refractivity (Wildman–Crippen MR) is 86.8 cm³/mol. The van der Waals surface area contributed by atoms with E-state index in [1.807, 2.05) is 37.3 Å². The van der Waals surface area contributed by atoms with Crippen LogP contribution >= 0.6 is 11.6 Å². The topological polar surface area (TPSA) is 34.1 Å². The molecule has 0 unspecified atom stereocenters. The Balaban J connectivity index is 1.96. The lowest BCUT2D eigenvalue weighted by Gasteiger charge is -2.11. The van der Waals surface area contributed by atoms with E-state index in [0.717, 1.165) is 36.3 Å². The first kappa shape index (κ1) is 15.8. The van der Waals surface area contributed by atoms with Crippen molar-refractivity contribution in [1.82, 2.24) is 10.3 Å². The smallest absolute Gasteiger partial charge is 0.138 e. The molecule has 0 atom stereocenters. The molecule has 0 amide bonds. The average molecular weight is 305 g/mol. The third kappa shape index (κ3) is 4.73. The summed E-state index contributed by atoms with van der Waals surface area (Å²) in [5.74, 6) is 0.695. The van der Waals surface area contributed by atoms with Gasteiger partial charge in [0.2, 0.25) is 0 Å². The Morgan fingerprint density at radius 1 is 1.29 bits per heavy atom. The van der Waals surface area contributed by atoms with Gasteiger partial charge in [0.05, 0.1) is 10.7 Å². The van der Waals surface area contributed by atoms with Crippen LogP contribution in [-0.2, 0) is 13.2 Å². The second-order valence-corrected chi connectivity index (χ2v) is 5.40. The van der Waals surface area contributed by atoms with E-state index < -0.39 is 0 Å². The van der Waals surface area contributed by atoms with Crippen LogP contribution in [0.5, 0.6) is 5.75 Å². The molecule has 2 rings (SSSR count). The Bertz CT molecular complexity index is 587. The summed E-state index contributed by atoms with van der Waals surface area (Å²) >= 11 is 6.28. The number of aromatic nitrogens is 1. The average Bonchev–Trinajstić information content (AvgIpc) is 2.48. The summed E-state index contributed by atoms with van der Waals surface area (Å²) in [5.41, 5.74) is 3.21. The molecular formula is C17H21ClN2O. The fraction of sp³-hybridized carbons (Fsp3) is 0.353. The van der Waals surface area contributed by atoms with Crippen LogP contribution in [0, 0.1) is 6.92 Å². The second kappa shape index (κ2) is 8.01. The van der Waals surface area contributed by atoms with Crippen molar-refractivity contribution in [1.29, 1.82) is 0 Å². The van der Waals surface area contributed by atoms with E-state index in [-0.39, 0.29) is 0 Å². The van der Waals surface area contributed by atoms with Crippen molar-refractivity contribution in [2.45, 2.75) is 33.4 Å². The lowest BCUT2D eigenvalue weighted by atomic mass is 10.2. The number of hydrogen-bond acceptors (Lipinski definition) is 3. The summed E-state index contributed by atoms with van der Waals surface area (Å²) in [6, 6.07) is 9.85. The molecule has 3 nitrogen and oxygen atoms in total. The minimum absolute atomic E-state index is 0.430. The van der Waals surface area contributed by atoms with Crippen LogP contribution < -0.4 is 10.1 Å². The van der Waals surface area contributed by atoms with E-state index in [1.54, 1.807) is 6.20 Å². The Kier molecular flexibility index (Phi) is 6.03. The number of aryl methyl sites for hydroxylation is 1. The number of ether oxygens (including phenoxy) is 1. The lowest BCUT2D eigenvalue weighted by Crippen LogP contribution is -2.13. The van der Waals surface area contributed by atoms with Gasteiger partial charge in [-0.3, -0.25) is 4.98 Å². The van der Waals surface area contributed by atoms with E-state index in [9.17, 15) is 0 Å². The standard InChI is InChI=1S/C17H21ClN2O/c1-3-8-19-11-14-6-7-17(15(18)10-14)21-12-16-13(2)5-4-9-20-16/h4-7,9-10,19H,3,8,11-12H2,1-2H3. The van der Waals surface area contributed by atoms with Crippen LogP contribution in [-0.4, -0.2) is 11.5 Å². The SMILES string of the molecule is CCCNCc1ccc(OCc2ncccc2C)c(Cl)c1. The van der Waals surface area contributed by atoms with Gasteiger partial charge >= 0.3 is 0 Å². The van der Waals surface area contributed by atoms with Crippen molar-refractivity contribution in [3.8, 4) is 5.75 Å². The first-order valence-electron chi connectivity index (χ1n) is 7.23. The minimum atomic E-state index is 0.430. The Hall–Kier alpha value is -1.58. The molecule has 0 fully saturated rings. The molecule has 1 heterocycles. The molecule has 0 spiro atoms. The maximum absolute atomic E-state index is 6.28. The molecule has 1 aromatic carbocycles. The van der Waals surface area contributed by atoms with Crippen molar-refractivity contribution in [3.05, 3.63) is 58.4 Å². The minimum Gasteiger partial charge on any atom is -0.486 e. The molecule has 0 bridgehead atoms. The van der Waals surface area contributed by atoms with Crippen LogP contribution in [0.1, 0.15) is 30.2 Å². The zero-order valence-electron chi connectivity index (χ0n) is 12.5. The summed E-state index contributed by atoms with van der Waals surface area (Å²) in [4.78, 5) is 4.31. The van der Waals surface area contributed by atoms with Gasteiger partial charge in [0.15, 0.2) is 0 Å². The largest absolute Gasteiger partial charge is 0.486 e. The fourth-order valence-corrected chi connectivity index (χ4v) is 2.25. The third-order valence-corrected chi connectivity index (χ3v) is 3.53. The quantitative estimate of drug-likeness (QED) is 0.781. The van der Waals surface area contributed by atoms with Crippen LogP contribution in [0.25, 0.3) is 0 Å². The van der Waals surface area contributed by atoms with Gasteiger partial charge in [-0.05, 0) is 49.2 Å². The number of hydrogen-bond donors (Lipinski definition) is 1. The van der Waals surface area contributed by atoms with Gasteiger partial charge in [0.25, 0.3) is 0 Å². The number of rotatable bonds is 7. The predicted octanol–water partition coefficient (Wildman–Crippen LogP) is 4.12. The zero-order chi connectivity index (χ0) is 15.1. The zero-order valence-corrected chi connectivity index (χ0v) is 13.3. The van der Waals surface area contributed by atoms with Crippen LogP contribution in [0.2, 0.25) is 5.02 Å². The van der Waals surface area contributed by atoms with Crippen LogP contribution in [0.15, 0.2) is 36.5 Å². The second-order valence-electron chi connectivity index (χ2n) is 5.00. The molecular weight excluding hydrogens is 284 g/mol. The summed E-state index contributed by atoms with van der Waals surface area (Å²) < 4.78 is 5.77. The van der Waals surface area contributed by atoms with Crippen molar-refractivity contribution in [2.24, 2.45) is 0 Å². The third-order valence-electron chi connectivity index (χ3n) is 3.23. The maximum atomic E-state index is 6.28. The molecule has 1 N–H and O–H groups in total. The molecule has 2 aromatic rings. The summed E-state index contributed by atoms with van der Waals surface area (Å²) in [6.07, 6.45) is 2.90. The number of pyridine rings is 1. The summed E-state index contributed by atoms with van der Waals surface area (Å²) in [7, 11) is 0. The van der Waals surface area contributed by atoms with Crippen molar-refractivity contribution < 1.29 is 4.74 Å². The summed E-state index contributed by atoms with van der Waals surface area (Å²) in [5, 5.41) is 3.99. The van der Waals surface area contributed by atoms with E-state index in [1.165, 1.54) is 0 Å². The highest BCUT2D eigenvalue weighted by Crippen LogP contribution is 2.26. The molecule has 0 radical (unpaired) electrons. The highest BCUT2D eigenvalue weighted by Gasteiger charge is 2.05. The summed E-state index contributed by atoms with van der Waals surface area (Å²) in [6.45, 7) is 6.44. The normalized spacial score (nSPS) is 10.6. The fourth-order valence-electron chi connectivity index (χ4n) is 2.00.